The molecule has 1 aromatic heterocycles. The number of rotatable bonds is 3. The first-order chi connectivity index (χ1) is 10.0. The van der Waals surface area contributed by atoms with Gasteiger partial charge in [-0.3, -0.25) is 0 Å². The van der Waals surface area contributed by atoms with Gasteiger partial charge in [-0.05, 0) is 45.7 Å². The van der Waals surface area contributed by atoms with Gasteiger partial charge in [-0.15, -0.1) is 0 Å². The monoisotopic (exact) mass is 284 g/mol. The lowest BCUT2D eigenvalue weighted by Crippen LogP contribution is -2.45. The molecule has 1 saturated heterocycles. The van der Waals surface area contributed by atoms with E-state index >= 15 is 0 Å². The van der Waals surface area contributed by atoms with Crippen molar-refractivity contribution >= 4 is 16.7 Å². The highest BCUT2D eigenvalue weighted by Crippen LogP contribution is 2.29. The van der Waals surface area contributed by atoms with Crippen LogP contribution in [-0.2, 0) is 0 Å². The van der Waals surface area contributed by atoms with E-state index in [-0.39, 0.29) is 5.54 Å². The number of para-hydroxylation sites is 1. The van der Waals surface area contributed by atoms with Gasteiger partial charge in [0, 0.05) is 30.1 Å². The largest absolute Gasteiger partial charge is 0.352 e. The minimum atomic E-state index is 0.155. The van der Waals surface area contributed by atoms with Gasteiger partial charge in [0.2, 0.25) is 0 Å². The SMILES string of the molecule is CC(C)(C)NCC1CCCN1c1ncnc2ccccc12. The standard InChI is InChI=1S/C17H24N4/c1-17(2,3)20-11-13-7-6-10-21(13)16-14-8-4-5-9-15(14)18-12-19-16/h4-5,8-9,12-13,20H,6-7,10-11H2,1-3H3. The van der Waals surface area contributed by atoms with Crippen LogP contribution in [0.5, 0.6) is 0 Å². The summed E-state index contributed by atoms with van der Waals surface area (Å²) in [6.45, 7) is 8.73. The van der Waals surface area contributed by atoms with Gasteiger partial charge in [-0.1, -0.05) is 12.1 Å². The first kappa shape index (κ1) is 14.3. The van der Waals surface area contributed by atoms with Gasteiger partial charge in [0.25, 0.3) is 0 Å². The summed E-state index contributed by atoms with van der Waals surface area (Å²) < 4.78 is 0. The molecule has 0 bridgehead atoms. The molecule has 1 aromatic carbocycles. The molecule has 4 heteroatoms. The molecule has 0 amide bonds. The topological polar surface area (TPSA) is 41.0 Å². The second kappa shape index (κ2) is 5.60. The van der Waals surface area contributed by atoms with E-state index < -0.39 is 0 Å². The molecule has 2 aromatic rings. The predicted octanol–water partition coefficient (Wildman–Crippen LogP) is 2.99. The van der Waals surface area contributed by atoms with Crippen LogP contribution in [-0.4, -0.2) is 34.6 Å². The number of hydrogen-bond donors (Lipinski definition) is 1. The Morgan fingerprint density at radius 2 is 2.05 bits per heavy atom. The van der Waals surface area contributed by atoms with Crippen molar-refractivity contribution < 1.29 is 0 Å². The summed E-state index contributed by atoms with van der Waals surface area (Å²) in [6.07, 6.45) is 4.14. The third-order valence-electron chi connectivity index (χ3n) is 4.04. The first-order valence-electron chi connectivity index (χ1n) is 7.76. The lowest BCUT2D eigenvalue weighted by molar-refractivity contribution is 0.404. The molecule has 0 radical (unpaired) electrons. The van der Waals surface area contributed by atoms with E-state index in [1.165, 1.54) is 12.8 Å². The van der Waals surface area contributed by atoms with E-state index in [0.717, 1.165) is 29.8 Å². The lowest BCUT2D eigenvalue weighted by atomic mass is 10.1. The zero-order valence-corrected chi connectivity index (χ0v) is 13.1. The molecular weight excluding hydrogens is 260 g/mol. The zero-order chi connectivity index (χ0) is 14.9. The molecule has 1 aliphatic rings. The summed E-state index contributed by atoms with van der Waals surface area (Å²) in [4.78, 5) is 11.4. The molecule has 1 aliphatic heterocycles. The number of aromatic nitrogens is 2. The van der Waals surface area contributed by atoms with Crippen molar-refractivity contribution in [3.8, 4) is 0 Å². The molecule has 1 fully saturated rings. The quantitative estimate of drug-likeness (QED) is 0.940. The van der Waals surface area contributed by atoms with Crippen molar-refractivity contribution in [3.05, 3.63) is 30.6 Å². The summed E-state index contributed by atoms with van der Waals surface area (Å²) in [5.74, 6) is 1.08. The van der Waals surface area contributed by atoms with Crippen molar-refractivity contribution in [2.45, 2.75) is 45.2 Å². The molecule has 1 atom stereocenters. The van der Waals surface area contributed by atoms with Gasteiger partial charge >= 0.3 is 0 Å². The van der Waals surface area contributed by atoms with E-state index in [9.17, 15) is 0 Å². The van der Waals surface area contributed by atoms with Crippen molar-refractivity contribution in [2.75, 3.05) is 18.0 Å². The van der Waals surface area contributed by atoms with E-state index in [1.54, 1.807) is 6.33 Å². The molecule has 21 heavy (non-hydrogen) atoms. The second-order valence-electron chi connectivity index (χ2n) is 6.83. The normalized spacial score (nSPS) is 19.4. The van der Waals surface area contributed by atoms with Crippen molar-refractivity contribution in [3.63, 3.8) is 0 Å². The van der Waals surface area contributed by atoms with Crippen LogP contribution < -0.4 is 10.2 Å². The first-order valence-corrected chi connectivity index (χ1v) is 7.76. The van der Waals surface area contributed by atoms with Crippen molar-refractivity contribution in [2.24, 2.45) is 0 Å². The summed E-state index contributed by atoms with van der Waals surface area (Å²) in [5, 5.41) is 4.78. The molecule has 0 aliphatic carbocycles. The number of nitrogens with one attached hydrogen (secondary N) is 1. The Morgan fingerprint density at radius 3 is 2.86 bits per heavy atom. The Kier molecular flexibility index (Phi) is 3.81. The molecule has 2 heterocycles. The van der Waals surface area contributed by atoms with Gasteiger partial charge in [0.15, 0.2) is 0 Å². The molecule has 0 saturated carbocycles. The summed E-state index contributed by atoms with van der Waals surface area (Å²) >= 11 is 0. The van der Waals surface area contributed by atoms with Gasteiger partial charge in [0.05, 0.1) is 5.52 Å². The Labute approximate surface area is 126 Å². The Balaban J connectivity index is 1.87. The van der Waals surface area contributed by atoms with Crippen LogP contribution in [0.25, 0.3) is 10.9 Å². The van der Waals surface area contributed by atoms with Crippen LogP contribution in [0.15, 0.2) is 30.6 Å². The van der Waals surface area contributed by atoms with Crippen LogP contribution in [0.2, 0.25) is 0 Å². The van der Waals surface area contributed by atoms with Gasteiger partial charge < -0.3 is 10.2 Å². The number of fused-ring (bicyclic) bond motifs is 1. The van der Waals surface area contributed by atoms with Crippen LogP contribution in [0.4, 0.5) is 5.82 Å². The maximum atomic E-state index is 4.57. The third-order valence-corrected chi connectivity index (χ3v) is 4.04. The van der Waals surface area contributed by atoms with Crippen LogP contribution in [0.3, 0.4) is 0 Å². The van der Waals surface area contributed by atoms with Gasteiger partial charge in [0.1, 0.15) is 12.1 Å². The molecular formula is C17H24N4. The average Bonchev–Trinajstić information content (AvgIpc) is 2.92. The van der Waals surface area contributed by atoms with E-state index in [2.05, 4.69) is 59.2 Å². The van der Waals surface area contributed by atoms with E-state index in [0.29, 0.717) is 6.04 Å². The predicted molar refractivity (Wildman–Crippen MR) is 87.7 cm³/mol. The Morgan fingerprint density at radius 1 is 1.24 bits per heavy atom. The minimum Gasteiger partial charge on any atom is -0.352 e. The van der Waals surface area contributed by atoms with Gasteiger partial charge in [-0.25, -0.2) is 9.97 Å². The number of anilines is 1. The molecule has 4 nitrogen and oxygen atoms in total. The third kappa shape index (κ3) is 3.16. The minimum absolute atomic E-state index is 0.155. The smallest absolute Gasteiger partial charge is 0.140 e. The zero-order valence-electron chi connectivity index (χ0n) is 13.1. The van der Waals surface area contributed by atoms with Crippen LogP contribution in [0, 0.1) is 0 Å². The van der Waals surface area contributed by atoms with Crippen molar-refractivity contribution in [1.82, 2.24) is 15.3 Å². The maximum Gasteiger partial charge on any atom is 0.140 e. The Hall–Kier alpha value is -1.68. The highest BCUT2D eigenvalue weighted by molar-refractivity contribution is 5.89. The molecule has 112 valence electrons. The number of hydrogen-bond acceptors (Lipinski definition) is 4. The number of benzene rings is 1. The second-order valence-corrected chi connectivity index (χ2v) is 6.83. The number of nitrogens with zero attached hydrogens (tertiary/aromatic N) is 3. The average molecular weight is 284 g/mol. The van der Waals surface area contributed by atoms with E-state index in [1.807, 2.05) is 6.07 Å². The van der Waals surface area contributed by atoms with E-state index in [4.69, 9.17) is 0 Å². The fourth-order valence-electron chi connectivity index (χ4n) is 2.97. The highest BCUT2D eigenvalue weighted by Gasteiger charge is 2.27. The summed E-state index contributed by atoms with van der Waals surface area (Å²) in [5.41, 5.74) is 1.18. The lowest BCUT2D eigenvalue weighted by Gasteiger charge is -2.30. The fourth-order valence-corrected chi connectivity index (χ4v) is 2.97. The maximum absolute atomic E-state index is 4.57. The van der Waals surface area contributed by atoms with Crippen molar-refractivity contribution in [1.29, 1.82) is 0 Å². The summed E-state index contributed by atoms with van der Waals surface area (Å²) in [6, 6.07) is 8.79. The molecule has 1 N–H and O–H groups in total. The van der Waals surface area contributed by atoms with Crippen LogP contribution >= 0.6 is 0 Å². The van der Waals surface area contributed by atoms with Crippen LogP contribution in [0.1, 0.15) is 33.6 Å². The molecule has 3 rings (SSSR count). The highest BCUT2D eigenvalue weighted by atomic mass is 15.2. The molecule has 0 spiro atoms. The summed E-state index contributed by atoms with van der Waals surface area (Å²) in [7, 11) is 0. The molecule has 1 unspecified atom stereocenters. The Bertz CT molecular complexity index is 612. The van der Waals surface area contributed by atoms with Gasteiger partial charge in [-0.2, -0.15) is 0 Å². The fraction of sp³-hybridized carbons (Fsp3) is 0.529.